The van der Waals surface area contributed by atoms with Gasteiger partial charge in [-0.15, -0.1) is 0 Å². The van der Waals surface area contributed by atoms with Crippen molar-refractivity contribution in [2.24, 2.45) is 0 Å². The van der Waals surface area contributed by atoms with E-state index in [2.05, 4.69) is 60.7 Å². The van der Waals surface area contributed by atoms with Gasteiger partial charge in [0.25, 0.3) is 0 Å². The second-order valence-corrected chi connectivity index (χ2v) is 12.0. The number of fused-ring (bicyclic) bond motifs is 7. The van der Waals surface area contributed by atoms with Crippen molar-refractivity contribution in [3.63, 3.8) is 0 Å². The lowest BCUT2D eigenvalue weighted by atomic mass is 9.96. The Kier molecular flexibility index (Phi) is 5.81. The summed E-state index contributed by atoms with van der Waals surface area (Å²) in [5.41, 5.74) is 8.42. The van der Waals surface area contributed by atoms with Gasteiger partial charge in [0, 0.05) is 38.2 Å². The van der Waals surface area contributed by atoms with Crippen molar-refractivity contribution >= 4 is 54.6 Å². The molecule has 10 rings (SSSR count). The summed E-state index contributed by atoms with van der Waals surface area (Å²) in [6.45, 7) is 0. The predicted molar refractivity (Wildman–Crippen MR) is 194 cm³/mol. The van der Waals surface area contributed by atoms with Crippen molar-refractivity contribution in [2.45, 2.75) is 0 Å². The Morgan fingerprint density at radius 3 is 1.65 bits per heavy atom. The van der Waals surface area contributed by atoms with Gasteiger partial charge in [-0.3, -0.25) is 0 Å². The van der Waals surface area contributed by atoms with E-state index in [0.717, 1.165) is 82.5 Å². The molecule has 0 spiro atoms. The average molecular weight is 616 g/mol. The van der Waals surface area contributed by atoms with E-state index in [1.165, 1.54) is 0 Å². The van der Waals surface area contributed by atoms with E-state index >= 15 is 0 Å². The van der Waals surface area contributed by atoms with Crippen LogP contribution in [0.1, 0.15) is 0 Å². The molecule has 0 N–H and O–H groups in total. The molecule has 0 fully saturated rings. The van der Waals surface area contributed by atoms with Crippen LogP contribution in [0, 0.1) is 0 Å². The van der Waals surface area contributed by atoms with Crippen molar-refractivity contribution in [1.29, 1.82) is 0 Å². The number of rotatable bonds is 4. The molecule has 0 saturated carbocycles. The Hall–Kier alpha value is -6.59. The lowest BCUT2D eigenvalue weighted by Gasteiger charge is -2.09. The van der Waals surface area contributed by atoms with Gasteiger partial charge in [-0.05, 0) is 58.3 Å². The van der Waals surface area contributed by atoms with Crippen LogP contribution in [0.3, 0.4) is 0 Å². The number of benzene rings is 7. The zero-order chi connectivity index (χ0) is 31.6. The molecule has 10 aromatic rings. The lowest BCUT2D eigenvalue weighted by molar-refractivity contribution is 0.669. The van der Waals surface area contributed by atoms with Crippen molar-refractivity contribution in [3.8, 4) is 45.3 Å². The second-order valence-electron chi connectivity index (χ2n) is 12.0. The molecule has 0 bridgehead atoms. The molecule has 48 heavy (non-hydrogen) atoms. The van der Waals surface area contributed by atoms with Gasteiger partial charge in [0.15, 0.2) is 17.5 Å². The van der Waals surface area contributed by atoms with Crippen molar-refractivity contribution < 1.29 is 8.83 Å². The highest BCUT2D eigenvalue weighted by atomic mass is 16.3. The number of hydrogen-bond acceptors (Lipinski definition) is 5. The molecule has 7 aromatic carbocycles. The van der Waals surface area contributed by atoms with Crippen LogP contribution in [0.4, 0.5) is 0 Å². The topological polar surface area (TPSA) is 65.0 Å². The summed E-state index contributed by atoms with van der Waals surface area (Å²) in [7, 11) is 0. The maximum atomic E-state index is 6.53. The van der Waals surface area contributed by atoms with E-state index < -0.39 is 0 Å². The van der Waals surface area contributed by atoms with Crippen LogP contribution in [-0.2, 0) is 0 Å². The van der Waals surface area contributed by atoms with E-state index in [1.54, 1.807) is 0 Å². The molecular formula is C43H25N3O2. The zero-order valence-corrected chi connectivity index (χ0v) is 25.6. The summed E-state index contributed by atoms with van der Waals surface area (Å²) in [5, 5.41) is 6.47. The average Bonchev–Trinajstić information content (AvgIpc) is 3.72. The standard InChI is InChI=1S/C43H25N3O2/c1-3-11-26(12-4-1)41-44-42(27-13-5-2-6-14-27)46-43(45-41)33-17-10-20-37-40(33)34-24-28-21-22-29(23-30(28)25-38(34)48-37)31-16-9-19-36-39(31)32-15-7-8-18-35(32)47-36/h1-25H. The zero-order valence-electron chi connectivity index (χ0n) is 25.6. The Labute approximate surface area is 274 Å². The van der Waals surface area contributed by atoms with Crippen LogP contribution in [0.5, 0.6) is 0 Å². The first kappa shape index (κ1) is 26.6. The number of furan rings is 2. The first-order valence-corrected chi connectivity index (χ1v) is 15.9. The first-order valence-electron chi connectivity index (χ1n) is 15.9. The third-order valence-corrected chi connectivity index (χ3v) is 9.11. The van der Waals surface area contributed by atoms with Gasteiger partial charge < -0.3 is 8.83 Å². The summed E-state index contributed by atoms with van der Waals surface area (Å²) < 4.78 is 12.7. The summed E-state index contributed by atoms with van der Waals surface area (Å²) in [6.07, 6.45) is 0. The minimum atomic E-state index is 0.604. The molecule has 0 aliphatic heterocycles. The molecule has 5 heteroatoms. The Morgan fingerprint density at radius 2 is 0.917 bits per heavy atom. The molecule has 224 valence electrons. The fraction of sp³-hybridized carbons (Fsp3) is 0. The fourth-order valence-electron chi connectivity index (χ4n) is 6.87. The summed E-state index contributed by atoms with van der Waals surface area (Å²) >= 11 is 0. The molecule has 0 atom stereocenters. The minimum absolute atomic E-state index is 0.604. The van der Waals surface area contributed by atoms with Gasteiger partial charge in [0.2, 0.25) is 0 Å². The van der Waals surface area contributed by atoms with E-state index in [1.807, 2.05) is 91.0 Å². The summed E-state index contributed by atoms with van der Waals surface area (Å²) in [6, 6.07) is 51.6. The molecule has 3 aromatic heterocycles. The van der Waals surface area contributed by atoms with E-state index in [-0.39, 0.29) is 0 Å². The first-order chi connectivity index (χ1) is 23.8. The molecule has 0 saturated heterocycles. The maximum absolute atomic E-state index is 6.53. The van der Waals surface area contributed by atoms with Crippen LogP contribution < -0.4 is 0 Å². The largest absolute Gasteiger partial charge is 0.456 e. The molecule has 0 aliphatic carbocycles. The van der Waals surface area contributed by atoms with Gasteiger partial charge in [-0.25, -0.2) is 15.0 Å². The molecule has 5 nitrogen and oxygen atoms in total. The van der Waals surface area contributed by atoms with Crippen molar-refractivity contribution in [1.82, 2.24) is 15.0 Å². The van der Waals surface area contributed by atoms with Crippen LogP contribution in [0.15, 0.2) is 160 Å². The monoisotopic (exact) mass is 615 g/mol. The maximum Gasteiger partial charge on any atom is 0.164 e. The van der Waals surface area contributed by atoms with Crippen molar-refractivity contribution in [2.75, 3.05) is 0 Å². The molecular weight excluding hydrogens is 590 g/mol. The van der Waals surface area contributed by atoms with E-state index in [9.17, 15) is 0 Å². The van der Waals surface area contributed by atoms with E-state index in [0.29, 0.717) is 17.5 Å². The highest BCUT2D eigenvalue weighted by molar-refractivity contribution is 6.16. The second kappa shape index (κ2) is 10.5. The van der Waals surface area contributed by atoms with Gasteiger partial charge in [-0.1, -0.05) is 115 Å². The summed E-state index contributed by atoms with van der Waals surface area (Å²) in [4.78, 5) is 14.9. The molecule has 0 aliphatic rings. The summed E-state index contributed by atoms with van der Waals surface area (Å²) in [5.74, 6) is 1.86. The molecule has 0 amide bonds. The third kappa shape index (κ3) is 4.22. The lowest BCUT2D eigenvalue weighted by Crippen LogP contribution is -2.00. The van der Waals surface area contributed by atoms with Crippen molar-refractivity contribution in [3.05, 3.63) is 152 Å². The number of aromatic nitrogens is 3. The SMILES string of the molecule is c1ccc(-c2nc(-c3ccccc3)nc(-c3cccc4oc5cc6cc(-c7cccc8oc9ccccc9c78)ccc6cc5c34)n2)cc1. The van der Waals surface area contributed by atoms with Crippen LogP contribution in [0.2, 0.25) is 0 Å². The quantitative estimate of drug-likeness (QED) is 0.197. The normalized spacial score (nSPS) is 11.8. The number of nitrogens with zero attached hydrogens (tertiary/aromatic N) is 3. The molecule has 0 unspecified atom stereocenters. The minimum Gasteiger partial charge on any atom is -0.456 e. The van der Waals surface area contributed by atoms with Crippen LogP contribution in [0.25, 0.3) is 99.9 Å². The third-order valence-electron chi connectivity index (χ3n) is 9.11. The molecule has 0 radical (unpaired) electrons. The Balaban J connectivity index is 1.16. The van der Waals surface area contributed by atoms with Gasteiger partial charge in [-0.2, -0.15) is 0 Å². The van der Waals surface area contributed by atoms with Gasteiger partial charge >= 0.3 is 0 Å². The van der Waals surface area contributed by atoms with Gasteiger partial charge in [0.1, 0.15) is 22.3 Å². The van der Waals surface area contributed by atoms with E-state index in [4.69, 9.17) is 23.8 Å². The number of hydrogen-bond donors (Lipinski definition) is 0. The smallest absolute Gasteiger partial charge is 0.164 e. The predicted octanol–water partition coefficient (Wildman–Crippen LogP) is 11.5. The highest BCUT2D eigenvalue weighted by Gasteiger charge is 2.19. The Morgan fingerprint density at radius 1 is 0.333 bits per heavy atom. The van der Waals surface area contributed by atoms with Crippen LogP contribution in [-0.4, -0.2) is 15.0 Å². The fourth-order valence-corrected chi connectivity index (χ4v) is 6.87. The van der Waals surface area contributed by atoms with Gasteiger partial charge in [0.05, 0.1) is 0 Å². The number of para-hydroxylation sites is 1. The van der Waals surface area contributed by atoms with Crippen LogP contribution >= 0.6 is 0 Å². The molecule has 3 heterocycles. The highest BCUT2D eigenvalue weighted by Crippen LogP contribution is 2.41. The Bertz CT molecular complexity index is 2780.